The Morgan fingerprint density at radius 1 is 1.17 bits per heavy atom. The molecule has 0 saturated carbocycles. The summed E-state index contributed by atoms with van der Waals surface area (Å²) in [6.07, 6.45) is -3.98. The molecule has 0 aromatic heterocycles. The molecular weight excluding hydrogens is 353 g/mol. The summed E-state index contributed by atoms with van der Waals surface area (Å²) in [5.74, 6) is 0.0895. The van der Waals surface area contributed by atoms with Crippen LogP contribution in [0, 0.1) is 0 Å². The van der Waals surface area contributed by atoms with Crippen molar-refractivity contribution >= 4 is 27.3 Å². The lowest BCUT2D eigenvalue weighted by atomic mass is 10.1. The fourth-order valence-corrected chi connectivity index (χ4v) is 4.26. The number of hydrogen-bond donors (Lipinski definition) is 0. The Bertz CT molecular complexity index is 656. The van der Waals surface area contributed by atoms with Gasteiger partial charge in [0.25, 0.3) is 0 Å². The molecule has 1 fully saturated rings. The Balaban J connectivity index is 2.12. The van der Waals surface area contributed by atoms with Crippen molar-refractivity contribution in [1.29, 1.82) is 0 Å². The van der Waals surface area contributed by atoms with Crippen molar-refractivity contribution in [3.05, 3.63) is 28.8 Å². The first-order valence-electron chi connectivity index (χ1n) is 7.24. The van der Waals surface area contributed by atoms with Crippen molar-refractivity contribution in [1.82, 2.24) is 4.31 Å². The third kappa shape index (κ3) is 4.30. The predicted octanol–water partition coefficient (Wildman–Crippen LogP) is 3.22. The molecule has 0 bridgehead atoms. The molecule has 130 valence electrons. The lowest BCUT2D eigenvalue weighted by Crippen LogP contribution is -2.49. The smallest absolute Gasteiger partial charge is 0.369 e. The minimum Gasteiger partial charge on any atom is -0.369 e. The number of piperazine rings is 1. The van der Waals surface area contributed by atoms with Crippen LogP contribution in [0.5, 0.6) is 0 Å². The third-order valence-electron chi connectivity index (χ3n) is 3.71. The molecule has 4 nitrogen and oxygen atoms in total. The summed E-state index contributed by atoms with van der Waals surface area (Å²) >= 11 is 5.61. The van der Waals surface area contributed by atoms with Crippen molar-refractivity contribution < 1.29 is 21.6 Å². The number of benzene rings is 1. The Labute approximate surface area is 138 Å². The van der Waals surface area contributed by atoms with Gasteiger partial charge in [-0.1, -0.05) is 18.5 Å². The fraction of sp³-hybridized carbons (Fsp3) is 0.571. The molecule has 0 unspecified atom stereocenters. The number of anilines is 1. The van der Waals surface area contributed by atoms with E-state index >= 15 is 0 Å². The fourth-order valence-electron chi connectivity index (χ4n) is 2.54. The normalized spacial score (nSPS) is 17.5. The second-order valence-corrected chi connectivity index (χ2v) is 7.86. The van der Waals surface area contributed by atoms with E-state index in [9.17, 15) is 21.6 Å². The monoisotopic (exact) mass is 370 g/mol. The molecule has 2 rings (SSSR count). The molecule has 1 aromatic carbocycles. The van der Waals surface area contributed by atoms with Gasteiger partial charge in [-0.05, 0) is 24.6 Å². The van der Waals surface area contributed by atoms with Crippen molar-refractivity contribution in [2.24, 2.45) is 0 Å². The van der Waals surface area contributed by atoms with Crippen LogP contribution in [0.25, 0.3) is 0 Å². The van der Waals surface area contributed by atoms with E-state index in [4.69, 9.17) is 11.6 Å². The largest absolute Gasteiger partial charge is 0.417 e. The molecule has 9 heteroatoms. The van der Waals surface area contributed by atoms with E-state index in [1.165, 1.54) is 16.4 Å². The average Bonchev–Trinajstić information content (AvgIpc) is 2.46. The average molecular weight is 371 g/mol. The van der Waals surface area contributed by atoms with Crippen molar-refractivity contribution in [2.75, 3.05) is 36.8 Å². The molecule has 0 spiro atoms. The zero-order valence-corrected chi connectivity index (χ0v) is 14.2. The maximum Gasteiger partial charge on any atom is 0.417 e. The molecule has 23 heavy (non-hydrogen) atoms. The lowest BCUT2D eigenvalue weighted by molar-refractivity contribution is -0.137. The first kappa shape index (κ1) is 18.4. The SMILES string of the molecule is CCCS(=O)(=O)N1CCN(c2ccc(Cl)c(C(F)(F)F)c2)CC1. The number of sulfonamides is 1. The maximum absolute atomic E-state index is 12.9. The van der Waals surface area contributed by atoms with Crippen LogP contribution in [0.3, 0.4) is 0 Å². The van der Waals surface area contributed by atoms with Crippen molar-refractivity contribution in [2.45, 2.75) is 19.5 Å². The van der Waals surface area contributed by atoms with Crippen LogP contribution >= 0.6 is 11.6 Å². The summed E-state index contributed by atoms with van der Waals surface area (Å²) < 4.78 is 64.1. The standard InChI is InChI=1S/C14H18ClF3N2O2S/c1-2-9-23(21,22)20-7-5-19(6-8-20)11-3-4-13(15)12(10-11)14(16,17)18/h3-4,10H,2,5-9H2,1H3. The van der Waals surface area contributed by atoms with Gasteiger partial charge in [-0.2, -0.15) is 17.5 Å². The van der Waals surface area contributed by atoms with E-state index in [2.05, 4.69) is 0 Å². The molecule has 0 amide bonds. The number of alkyl halides is 3. The highest BCUT2D eigenvalue weighted by Gasteiger charge is 2.34. The molecule has 0 atom stereocenters. The van der Waals surface area contributed by atoms with Crippen LogP contribution in [-0.4, -0.2) is 44.7 Å². The summed E-state index contributed by atoms with van der Waals surface area (Å²) in [5, 5.41) is -0.342. The molecule has 0 aliphatic carbocycles. The summed E-state index contributed by atoms with van der Waals surface area (Å²) in [5.41, 5.74) is -0.480. The Hall–Kier alpha value is -0.990. The molecule has 0 N–H and O–H groups in total. The van der Waals surface area contributed by atoms with Gasteiger partial charge in [0.15, 0.2) is 0 Å². The number of rotatable bonds is 4. The first-order valence-corrected chi connectivity index (χ1v) is 9.23. The van der Waals surface area contributed by atoms with Gasteiger partial charge in [-0.15, -0.1) is 0 Å². The van der Waals surface area contributed by atoms with Crippen LogP contribution in [0.1, 0.15) is 18.9 Å². The van der Waals surface area contributed by atoms with E-state index in [0.29, 0.717) is 25.2 Å². The van der Waals surface area contributed by atoms with Crippen molar-refractivity contribution in [3.63, 3.8) is 0 Å². The molecule has 1 aliphatic heterocycles. The van der Waals surface area contributed by atoms with E-state index in [1.54, 1.807) is 11.8 Å². The third-order valence-corrected chi connectivity index (χ3v) is 6.12. The second kappa shape index (κ2) is 6.86. The predicted molar refractivity (Wildman–Crippen MR) is 84.3 cm³/mol. The Kier molecular flexibility index (Phi) is 5.48. The van der Waals surface area contributed by atoms with Gasteiger partial charge in [-0.3, -0.25) is 0 Å². The zero-order chi connectivity index (χ0) is 17.3. The molecule has 1 heterocycles. The number of hydrogen-bond acceptors (Lipinski definition) is 3. The highest BCUT2D eigenvalue weighted by Crippen LogP contribution is 2.37. The van der Waals surface area contributed by atoms with E-state index < -0.39 is 21.8 Å². The van der Waals surface area contributed by atoms with E-state index in [1.807, 2.05) is 0 Å². The van der Waals surface area contributed by atoms with Gasteiger partial charge >= 0.3 is 6.18 Å². The minimum absolute atomic E-state index is 0.0895. The molecule has 1 aliphatic rings. The topological polar surface area (TPSA) is 40.6 Å². The zero-order valence-electron chi connectivity index (χ0n) is 12.6. The van der Waals surface area contributed by atoms with Gasteiger partial charge in [0.2, 0.25) is 10.0 Å². The summed E-state index contributed by atoms with van der Waals surface area (Å²) in [7, 11) is -3.27. The van der Waals surface area contributed by atoms with Crippen LogP contribution in [0.2, 0.25) is 5.02 Å². The molecule has 1 saturated heterocycles. The number of nitrogens with zero attached hydrogens (tertiary/aromatic N) is 2. The Morgan fingerprint density at radius 2 is 1.78 bits per heavy atom. The van der Waals surface area contributed by atoms with Crippen LogP contribution < -0.4 is 4.90 Å². The van der Waals surface area contributed by atoms with Gasteiger partial charge in [0.1, 0.15) is 0 Å². The van der Waals surface area contributed by atoms with Gasteiger partial charge in [0.05, 0.1) is 16.3 Å². The Morgan fingerprint density at radius 3 is 2.30 bits per heavy atom. The first-order chi connectivity index (χ1) is 10.6. The van der Waals surface area contributed by atoms with Crippen LogP contribution in [0.15, 0.2) is 18.2 Å². The van der Waals surface area contributed by atoms with Crippen LogP contribution in [-0.2, 0) is 16.2 Å². The lowest BCUT2D eigenvalue weighted by Gasteiger charge is -2.35. The van der Waals surface area contributed by atoms with Crippen LogP contribution in [0.4, 0.5) is 18.9 Å². The quantitative estimate of drug-likeness (QED) is 0.817. The number of halogens is 4. The summed E-state index contributed by atoms with van der Waals surface area (Å²) in [6.45, 7) is 3.03. The van der Waals surface area contributed by atoms with E-state index in [0.717, 1.165) is 6.07 Å². The molecular formula is C14H18ClF3N2O2S. The minimum atomic E-state index is -4.51. The van der Waals surface area contributed by atoms with Gasteiger partial charge in [0, 0.05) is 31.9 Å². The summed E-state index contributed by atoms with van der Waals surface area (Å²) in [6, 6.07) is 3.76. The highest BCUT2D eigenvalue weighted by molar-refractivity contribution is 7.89. The summed E-state index contributed by atoms with van der Waals surface area (Å²) in [4.78, 5) is 1.74. The molecule has 1 aromatic rings. The van der Waals surface area contributed by atoms with Gasteiger partial charge < -0.3 is 4.90 Å². The van der Waals surface area contributed by atoms with E-state index in [-0.39, 0.29) is 23.9 Å². The maximum atomic E-state index is 12.9. The van der Waals surface area contributed by atoms with Crippen molar-refractivity contribution in [3.8, 4) is 0 Å². The second-order valence-electron chi connectivity index (χ2n) is 5.36. The van der Waals surface area contributed by atoms with Gasteiger partial charge in [-0.25, -0.2) is 8.42 Å². The highest BCUT2D eigenvalue weighted by atomic mass is 35.5. The molecule has 0 radical (unpaired) electrons.